The summed E-state index contributed by atoms with van der Waals surface area (Å²) >= 11 is 8.20. The molecule has 1 aromatic carbocycles. The molecule has 0 saturated heterocycles. The number of hydrogen-bond donors (Lipinski definition) is 1. The first-order valence-electron chi connectivity index (χ1n) is 5.39. The molecule has 17 heavy (non-hydrogen) atoms. The first-order valence-corrected chi connectivity index (χ1v) is 6.85. The summed E-state index contributed by atoms with van der Waals surface area (Å²) in [6, 6.07) is 10.1. The average Bonchev–Trinajstić information content (AvgIpc) is 2.75. The molecule has 0 spiro atoms. The van der Waals surface area contributed by atoms with Crippen LogP contribution in [-0.2, 0) is 6.42 Å². The zero-order valence-electron chi connectivity index (χ0n) is 9.41. The number of halogens is 2. The number of benzene rings is 1. The Morgan fingerprint density at radius 2 is 2.24 bits per heavy atom. The molecule has 1 aromatic heterocycles. The van der Waals surface area contributed by atoms with Crippen molar-refractivity contribution >= 4 is 39.9 Å². The smallest absolute Gasteiger partial charge is 0.105 e. The van der Waals surface area contributed by atoms with Gasteiger partial charge < -0.3 is 9.73 Å². The Balaban J connectivity index is 2.00. The molecule has 4 heteroatoms. The van der Waals surface area contributed by atoms with Gasteiger partial charge >= 0.3 is 0 Å². The standard InChI is InChI=1S/C13H13ClINO/c1-9(7-11-3-2-6-17-11)16-13-5-4-10(14)8-12(13)15/h2-6,8-9,16H,7H2,1H3. The van der Waals surface area contributed by atoms with Crippen molar-refractivity contribution in [1.82, 2.24) is 0 Å². The molecule has 0 radical (unpaired) electrons. The summed E-state index contributed by atoms with van der Waals surface area (Å²) in [5.74, 6) is 0.994. The third-order valence-electron chi connectivity index (χ3n) is 2.42. The minimum Gasteiger partial charge on any atom is -0.469 e. The highest BCUT2D eigenvalue weighted by Crippen LogP contribution is 2.23. The van der Waals surface area contributed by atoms with E-state index in [4.69, 9.17) is 16.0 Å². The van der Waals surface area contributed by atoms with E-state index in [-0.39, 0.29) is 0 Å². The zero-order valence-corrected chi connectivity index (χ0v) is 12.3. The molecular formula is C13H13ClINO. The number of anilines is 1. The summed E-state index contributed by atoms with van der Waals surface area (Å²) in [5.41, 5.74) is 1.11. The van der Waals surface area contributed by atoms with Crippen LogP contribution in [0, 0.1) is 3.57 Å². The minimum atomic E-state index is 0.316. The summed E-state index contributed by atoms with van der Waals surface area (Å²) in [6.45, 7) is 2.13. The van der Waals surface area contributed by atoms with Crippen LogP contribution in [-0.4, -0.2) is 6.04 Å². The van der Waals surface area contributed by atoms with Crippen LogP contribution in [0.3, 0.4) is 0 Å². The Kier molecular flexibility index (Phi) is 4.34. The second-order valence-electron chi connectivity index (χ2n) is 3.95. The molecule has 2 rings (SSSR count). The summed E-state index contributed by atoms with van der Waals surface area (Å²) in [7, 11) is 0. The molecule has 0 aliphatic rings. The Hall–Kier alpha value is -0.680. The Bertz CT molecular complexity index is 484. The molecule has 0 aliphatic heterocycles. The first-order chi connectivity index (χ1) is 8.15. The number of nitrogens with one attached hydrogen (secondary N) is 1. The van der Waals surface area contributed by atoms with Gasteiger partial charge in [-0.3, -0.25) is 0 Å². The van der Waals surface area contributed by atoms with Gasteiger partial charge in [0.05, 0.1) is 6.26 Å². The summed E-state index contributed by atoms with van der Waals surface area (Å²) in [6.07, 6.45) is 2.57. The second kappa shape index (κ2) is 5.78. The zero-order chi connectivity index (χ0) is 12.3. The molecule has 2 nitrogen and oxygen atoms in total. The van der Waals surface area contributed by atoms with Crippen LogP contribution < -0.4 is 5.32 Å². The van der Waals surface area contributed by atoms with E-state index in [0.717, 1.165) is 26.5 Å². The maximum Gasteiger partial charge on any atom is 0.105 e. The van der Waals surface area contributed by atoms with Gasteiger partial charge in [-0.25, -0.2) is 0 Å². The molecule has 0 fully saturated rings. The van der Waals surface area contributed by atoms with Crippen LogP contribution >= 0.6 is 34.2 Å². The summed E-state index contributed by atoms with van der Waals surface area (Å²) in [4.78, 5) is 0. The van der Waals surface area contributed by atoms with E-state index in [0.29, 0.717) is 6.04 Å². The van der Waals surface area contributed by atoms with Crippen LogP contribution in [0.4, 0.5) is 5.69 Å². The highest BCUT2D eigenvalue weighted by Gasteiger charge is 2.07. The highest BCUT2D eigenvalue weighted by molar-refractivity contribution is 14.1. The molecule has 2 aromatic rings. The molecule has 0 amide bonds. The monoisotopic (exact) mass is 361 g/mol. The summed E-state index contributed by atoms with van der Waals surface area (Å²) < 4.78 is 6.45. The molecule has 1 unspecified atom stereocenters. The number of rotatable bonds is 4. The van der Waals surface area contributed by atoms with Crippen LogP contribution in [0.15, 0.2) is 41.0 Å². The predicted molar refractivity (Wildman–Crippen MR) is 79.7 cm³/mol. The molecule has 1 N–H and O–H groups in total. The SMILES string of the molecule is CC(Cc1ccco1)Nc1ccc(Cl)cc1I. The maximum atomic E-state index is 5.92. The van der Waals surface area contributed by atoms with Gasteiger partial charge in [0.15, 0.2) is 0 Å². The Labute approximate surface area is 119 Å². The van der Waals surface area contributed by atoms with Crippen molar-refractivity contribution < 1.29 is 4.42 Å². The summed E-state index contributed by atoms with van der Waals surface area (Å²) in [5, 5.41) is 4.21. The molecule has 0 bridgehead atoms. The molecule has 0 aliphatic carbocycles. The normalized spacial score (nSPS) is 12.4. The van der Waals surface area contributed by atoms with Crippen molar-refractivity contribution in [2.75, 3.05) is 5.32 Å². The lowest BCUT2D eigenvalue weighted by Gasteiger charge is -2.15. The van der Waals surface area contributed by atoms with E-state index in [9.17, 15) is 0 Å². The van der Waals surface area contributed by atoms with Gasteiger partial charge in [-0.15, -0.1) is 0 Å². The second-order valence-corrected chi connectivity index (χ2v) is 5.55. The largest absolute Gasteiger partial charge is 0.469 e. The lowest BCUT2D eigenvalue weighted by atomic mass is 10.2. The van der Waals surface area contributed by atoms with Crippen molar-refractivity contribution in [3.8, 4) is 0 Å². The van der Waals surface area contributed by atoms with Crippen LogP contribution in [0.25, 0.3) is 0 Å². The first kappa shape index (κ1) is 12.8. The molecule has 1 atom stereocenters. The molecule has 1 heterocycles. The Morgan fingerprint density at radius 1 is 1.41 bits per heavy atom. The van der Waals surface area contributed by atoms with Crippen molar-refractivity contribution in [2.45, 2.75) is 19.4 Å². The van der Waals surface area contributed by atoms with E-state index < -0.39 is 0 Å². The van der Waals surface area contributed by atoms with Gasteiger partial charge in [-0.05, 0) is 59.8 Å². The van der Waals surface area contributed by atoms with Crippen molar-refractivity contribution in [3.05, 3.63) is 50.9 Å². The molecular weight excluding hydrogens is 349 g/mol. The van der Waals surface area contributed by atoms with Gasteiger partial charge in [-0.1, -0.05) is 11.6 Å². The third kappa shape index (κ3) is 3.64. The van der Waals surface area contributed by atoms with E-state index in [1.807, 2.05) is 30.3 Å². The molecule has 0 saturated carbocycles. The average molecular weight is 362 g/mol. The van der Waals surface area contributed by atoms with Crippen LogP contribution in [0.1, 0.15) is 12.7 Å². The third-order valence-corrected chi connectivity index (χ3v) is 3.55. The lowest BCUT2D eigenvalue weighted by Crippen LogP contribution is -2.18. The van der Waals surface area contributed by atoms with Crippen molar-refractivity contribution in [3.63, 3.8) is 0 Å². The van der Waals surface area contributed by atoms with Gasteiger partial charge in [-0.2, -0.15) is 0 Å². The van der Waals surface area contributed by atoms with Gasteiger partial charge in [0.1, 0.15) is 5.76 Å². The predicted octanol–water partition coefficient (Wildman–Crippen LogP) is 4.58. The van der Waals surface area contributed by atoms with Crippen molar-refractivity contribution in [1.29, 1.82) is 0 Å². The maximum absolute atomic E-state index is 5.92. The van der Waals surface area contributed by atoms with E-state index in [1.165, 1.54) is 0 Å². The van der Waals surface area contributed by atoms with E-state index >= 15 is 0 Å². The fourth-order valence-electron chi connectivity index (χ4n) is 1.65. The van der Waals surface area contributed by atoms with Gasteiger partial charge in [0.25, 0.3) is 0 Å². The van der Waals surface area contributed by atoms with E-state index in [1.54, 1.807) is 6.26 Å². The van der Waals surface area contributed by atoms with Crippen LogP contribution in [0.2, 0.25) is 5.02 Å². The van der Waals surface area contributed by atoms with Gasteiger partial charge in [0, 0.05) is 26.7 Å². The van der Waals surface area contributed by atoms with E-state index in [2.05, 4.69) is 34.8 Å². The van der Waals surface area contributed by atoms with Crippen LogP contribution in [0.5, 0.6) is 0 Å². The fraction of sp³-hybridized carbons (Fsp3) is 0.231. The quantitative estimate of drug-likeness (QED) is 0.806. The van der Waals surface area contributed by atoms with Crippen molar-refractivity contribution in [2.24, 2.45) is 0 Å². The minimum absolute atomic E-state index is 0.316. The lowest BCUT2D eigenvalue weighted by molar-refractivity contribution is 0.498. The number of furan rings is 1. The molecule has 90 valence electrons. The number of hydrogen-bond acceptors (Lipinski definition) is 2. The van der Waals surface area contributed by atoms with Gasteiger partial charge in [0.2, 0.25) is 0 Å². The Morgan fingerprint density at radius 3 is 2.88 bits per heavy atom. The highest BCUT2D eigenvalue weighted by atomic mass is 127. The fourth-order valence-corrected chi connectivity index (χ4v) is 2.68. The topological polar surface area (TPSA) is 25.2 Å².